The molecule has 13 nitrogen and oxygen atoms in total. The van der Waals surface area contributed by atoms with Gasteiger partial charge in [0.2, 0.25) is 11.9 Å². The molecule has 5 aromatic heterocycles. The maximum absolute atomic E-state index is 4.94. The molecule has 0 saturated heterocycles. The van der Waals surface area contributed by atoms with Crippen molar-refractivity contribution in [1.29, 1.82) is 0 Å². The summed E-state index contributed by atoms with van der Waals surface area (Å²) in [5, 5.41) is 33.8. The van der Waals surface area contributed by atoms with E-state index in [-0.39, 0.29) is 0 Å². The minimum Gasteiger partial charge on any atom is -0.372 e. The fourth-order valence-electron chi connectivity index (χ4n) is 6.17. The Labute approximate surface area is 356 Å². The van der Waals surface area contributed by atoms with Gasteiger partial charge in [-0.2, -0.15) is 23.7 Å². The summed E-state index contributed by atoms with van der Waals surface area (Å²) in [5.41, 5.74) is 5.93. The number of nitrogens with zero attached hydrogens (tertiary/aromatic N) is 11. The predicted octanol–water partition coefficient (Wildman–Crippen LogP) is 13.5. The third-order valence-electron chi connectivity index (χ3n) is 9.21. The van der Waals surface area contributed by atoms with Crippen LogP contribution in [0.3, 0.4) is 0 Å². The molecular formula is C40H39N13S5. The number of anilines is 6. The molecular weight excluding hydrogens is 823 g/mol. The van der Waals surface area contributed by atoms with Gasteiger partial charge in [0.1, 0.15) is 21.0 Å². The van der Waals surface area contributed by atoms with Crippen LogP contribution in [0.2, 0.25) is 0 Å². The lowest BCUT2D eigenvalue weighted by atomic mass is 10.2. The van der Waals surface area contributed by atoms with E-state index in [2.05, 4.69) is 104 Å². The number of thioether (sulfide) groups is 1. The molecule has 0 saturated carbocycles. The molecule has 0 radical (unpaired) electrons. The van der Waals surface area contributed by atoms with Crippen molar-refractivity contribution in [3.8, 4) is 0 Å². The topological polar surface area (TPSA) is 144 Å². The molecule has 0 fully saturated rings. The lowest BCUT2D eigenvalue weighted by molar-refractivity contribution is 0.866. The third-order valence-corrected chi connectivity index (χ3v) is 13.5. The van der Waals surface area contributed by atoms with Crippen molar-refractivity contribution in [1.82, 2.24) is 23.7 Å². The SMILES string of the molecule is CCN(CC)c1ccc(/N=N/c2snc3sccc23)c(Nc2nc(Nc3cc(N(CC)CC)ccc3/N=N/c3snc4sccc34)nc(SCc3ccccc3)n2)c1. The van der Waals surface area contributed by atoms with Gasteiger partial charge >= 0.3 is 0 Å². The summed E-state index contributed by atoms with van der Waals surface area (Å²) in [7, 11) is 0. The number of nitrogens with one attached hydrogen (secondary N) is 2. The van der Waals surface area contributed by atoms with Crippen LogP contribution in [-0.4, -0.2) is 49.9 Å². The Morgan fingerprint density at radius 1 is 0.586 bits per heavy atom. The third kappa shape index (κ3) is 9.00. The number of benzene rings is 3. The monoisotopic (exact) mass is 861 g/mol. The summed E-state index contributed by atoms with van der Waals surface area (Å²) in [6, 6.07) is 26.5. The molecule has 0 aliphatic heterocycles. The summed E-state index contributed by atoms with van der Waals surface area (Å²) >= 11 is 7.40. The van der Waals surface area contributed by atoms with Crippen molar-refractivity contribution < 1.29 is 0 Å². The van der Waals surface area contributed by atoms with Crippen molar-refractivity contribution >= 4 is 134 Å². The van der Waals surface area contributed by atoms with Crippen LogP contribution in [0.15, 0.2) is 115 Å². The number of azo groups is 2. The molecule has 8 aromatic rings. The molecule has 58 heavy (non-hydrogen) atoms. The number of hydrogen-bond acceptors (Lipinski definition) is 18. The summed E-state index contributed by atoms with van der Waals surface area (Å²) in [4.78, 5) is 21.2. The van der Waals surface area contributed by atoms with Crippen LogP contribution in [0.5, 0.6) is 0 Å². The highest BCUT2D eigenvalue weighted by molar-refractivity contribution is 7.98. The molecule has 0 aliphatic carbocycles. The highest BCUT2D eigenvalue weighted by atomic mass is 32.2. The Kier molecular flexibility index (Phi) is 12.5. The molecule has 5 heterocycles. The molecule has 0 spiro atoms. The zero-order chi connectivity index (χ0) is 39.8. The minimum absolute atomic E-state index is 0.354. The fourth-order valence-corrected chi connectivity index (χ4v) is 10.1. The van der Waals surface area contributed by atoms with Gasteiger partial charge in [-0.3, -0.25) is 0 Å². The van der Waals surface area contributed by atoms with Crippen LogP contribution in [0.25, 0.3) is 20.4 Å². The van der Waals surface area contributed by atoms with E-state index in [4.69, 9.17) is 25.2 Å². The van der Waals surface area contributed by atoms with Crippen LogP contribution < -0.4 is 20.4 Å². The van der Waals surface area contributed by atoms with Gasteiger partial charge in [-0.1, -0.05) is 42.1 Å². The van der Waals surface area contributed by atoms with Gasteiger partial charge in [0.05, 0.1) is 22.1 Å². The van der Waals surface area contributed by atoms with Gasteiger partial charge in [0.25, 0.3) is 0 Å². The fraction of sp³-hybridized carbons (Fsp3) is 0.225. The van der Waals surface area contributed by atoms with E-state index in [9.17, 15) is 0 Å². The minimum atomic E-state index is 0.354. The van der Waals surface area contributed by atoms with Crippen molar-refractivity contribution in [2.75, 3.05) is 46.6 Å². The highest BCUT2D eigenvalue weighted by Crippen LogP contribution is 2.40. The van der Waals surface area contributed by atoms with Crippen molar-refractivity contribution in [3.63, 3.8) is 0 Å². The second-order valence-electron chi connectivity index (χ2n) is 12.7. The molecule has 294 valence electrons. The summed E-state index contributed by atoms with van der Waals surface area (Å²) in [6.45, 7) is 12.0. The first kappa shape index (κ1) is 39.4. The van der Waals surface area contributed by atoms with Gasteiger partial charge in [-0.05, 0) is 116 Å². The van der Waals surface area contributed by atoms with E-state index < -0.39 is 0 Å². The van der Waals surface area contributed by atoms with E-state index in [1.807, 2.05) is 53.2 Å². The molecule has 3 aromatic carbocycles. The second-order valence-corrected chi connectivity index (χ2v) is 16.9. The number of aromatic nitrogens is 5. The first-order valence-corrected chi connectivity index (χ1v) is 23.0. The molecule has 0 aliphatic rings. The van der Waals surface area contributed by atoms with E-state index in [0.717, 1.165) is 73.6 Å². The molecule has 8 rings (SSSR count). The average Bonchev–Trinajstić information content (AvgIpc) is 4.06. The molecule has 2 N–H and O–H groups in total. The number of thiophene rings is 2. The van der Waals surface area contributed by atoms with E-state index in [1.165, 1.54) is 34.8 Å². The highest BCUT2D eigenvalue weighted by Gasteiger charge is 2.16. The van der Waals surface area contributed by atoms with Crippen LogP contribution in [0, 0.1) is 0 Å². The molecule has 18 heteroatoms. The molecule has 0 atom stereocenters. The quantitative estimate of drug-likeness (QED) is 0.0670. The Morgan fingerprint density at radius 3 is 1.57 bits per heavy atom. The second kappa shape index (κ2) is 18.5. The summed E-state index contributed by atoms with van der Waals surface area (Å²) < 4.78 is 9.06. The zero-order valence-corrected chi connectivity index (χ0v) is 36.2. The van der Waals surface area contributed by atoms with Gasteiger partial charge in [0.15, 0.2) is 15.2 Å². The van der Waals surface area contributed by atoms with Gasteiger partial charge in [-0.25, -0.2) is 0 Å². The first-order valence-electron chi connectivity index (χ1n) is 18.8. The maximum atomic E-state index is 4.94. The van der Waals surface area contributed by atoms with Crippen molar-refractivity contribution in [2.45, 2.75) is 38.6 Å². The first-order chi connectivity index (χ1) is 28.5. The Hall–Kier alpha value is -5.40. The largest absolute Gasteiger partial charge is 0.372 e. The molecule has 0 unspecified atom stereocenters. The summed E-state index contributed by atoms with van der Waals surface area (Å²) in [5.74, 6) is 1.38. The zero-order valence-electron chi connectivity index (χ0n) is 32.2. The van der Waals surface area contributed by atoms with E-state index in [1.54, 1.807) is 22.7 Å². The lowest BCUT2D eigenvalue weighted by Gasteiger charge is -2.22. The van der Waals surface area contributed by atoms with Crippen LogP contribution in [0.1, 0.15) is 33.3 Å². The Morgan fingerprint density at radius 2 is 1.09 bits per heavy atom. The Bertz CT molecular complexity index is 2520. The standard InChI is InChI=1S/C40H39N13S5/c1-5-52(6-2)26-14-16-30(46-48-34-28-18-20-54-36(28)50-57-34)32(22-26)41-38-43-39(45-40(44-38)56-24-25-12-10-9-11-13-25)42-33-23-27(53(7-3)8-4)15-17-31(33)47-49-35-29-19-21-55-37(29)51-58-35/h9-23H,5-8,24H2,1-4H3,(H2,41,42,43,44,45)/b48-46+,49-47+. The number of fused-ring (bicyclic) bond motifs is 2. The Balaban J connectivity index is 1.18. The van der Waals surface area contributed by atoms with Crippen LogP contribution in [-0.2, 0) is 5.75 Å². The summed E-state index contributed by atoms with van der Waals surface area (Å²) in [6.07, 6.45) is 0. The molecule has 0 amide bonds. The van der Waals surface area contributed by atoms with Gasteiger partial charge in [-0.15, -0.1) is 43.1 Å². The van der Waals surface area contributed by atoms with Crippen LogP contribution >= 0.6 is 57.5 Å². The number of hydrogen-bond donors (Lipinski definition) is 2. The number of rotatable bonds is 17. The molecule has 0 bridgehead atoms. The van der Waals surface area contributed by atoms with Gasteiger partial charge in [0, 0.05) is 43.3 Å². The smallest absolute Gasteiger partial charge is 0.233 e. The van der Waals surface area contributed by atoms with Crippen molar-refractivity contribution in [3.05, 3.63) is 95.2 Å². The van der Waals surface area contributed by atoms with Crippen LogP contribution in [0.4, 0.5) is 56.0 Å². The lowest BCUT2D eigenvalue weighted by Crippen LogP contribution is -2.21. The normalized spacial score (nSPS) is 11.7. The van der Waals surface area contributed by atoms with Gasteiger partial charge < -0.3 is 20.4 Å². The maximum Gasteiger partial charge on any atom is 0.233 e. The predicted molar refractivity (Wildman–Crippen MR) is 246 cm³/mol. The van der Waals surface area contributed by atoms with E-state index in [0.29, 0.717) is 45.6 Å². The average molecular weight is 862 g/mol. The van der Waals surface area contributed by atoms with Crippen molar-refractivity contribution in [2.24, 2.45) is 20.5 Å². The van der Waals surface area contributed by atoms with E-state index >= 15 is 0 Å².